The van der Waals surface area contributed by atoms with E-state index < -0.39 is 17.6 Å². The molecule has 4 nitrogen and oxygen atoms in total. The fourth-order valence-corrected chi connectivity index (χ4v) is 3.95. The quantitative estimate of drug-likeness (QED) is 0.527. The zero-order valence-electron chi connectivity index (χ0n) is 18.4. The van der Waals surface area contributed by atoms with Crippen molar-refractivity contribution >= 4 is 17.4 Å². The van der Waals surface area contributed by atoms with Gasteiger partial charge >= 0.3 is 0 Å². The molecule has 1 aliphatic rings. The van der Waals surface area contributed by atoms with Gasteiger partial charge in [0.15, 0.2) is 0 Å². The largest absolute Gasteiger partial charge is 0.365 e. The van der Waals surface area contributed by atoms with Crippen LogP contribution in [0.3, 0.4) is 0 Å². The Morgan fingerprint density at radius 1 is 0.844 bits per heavy atom. The predicted molar refractivity (Wildman–Crippen MR) is 123 cm³/mol. The van der Waals surface area contributed by atoms with Gasteiger partial charge < -0.3 is 4.90 Å². The van der Waals surface area contributed by atoms with Crippen molar-refractivity contribution in [1.82, 2.24) is 9.80 Å². The molecule has 162 valence electrons. The van der Waals surface area contributed by atoms with Gasteiger partial charge in [0.05, 0.1) is 12.1 Å². The molecule has 0 aromatic heterocycles. The van der Waals surface area contributed by atoms with Gasteiger partial charge in [-0.1, -0.05) is 66.7 Å². The first-order chi connectivity index (χ1) is 15.4. The molecule has 0 unspecified atom stereocenters. The van der Waals surface area contributed by atoms with Crippen molar-refractivity contribution in [3.8, 4) is 0 Å². The minimum Gasteiger partial charge on any atom is -0.365 e. The Kier molecular flexibility index (Phi) is 5.91. The molecule has 2 amide bonds. The van der Waals surface area contributed by atoms with Crippen LogP contribution in [-0.2, 0) is 22.7 Å². The first-order valence-corrected chi connectivity index (χ1v) is 10.5. The third kappa shape index (κ3) is 4.06. The lowest BCUT2D eigenvalue weighted by atomic mass is 9.99. The Morgan fingerprint density at radius 2 is 1.53 bits per heavy atom. The number of amides is 2. The zero-order chi connectivity index (χ0) is 22.8. The number of benzene rings is 3. The smallest absolute Gasteiger partial charge is 0.278 e. The van der Waals surface area contributed by atoms with Gasteiger partial charge in [-0.15, -0.1) is 0 Å². The van der Waals surface area contributed by atoms with Crippen LogP contribution in [0.25, 0.3) is 5.57 Å². The molecule has 0 saturated heterocycles. The highest BCUT2D eigenvalue weighted by molar-refractivity contribution is 6.35. The van der Waals surface area contributed by atoms with E-state index in [0.717, 1.165) is 21.6 Å². The van der Waals surface area contributed by atoms with Gasteiger partial charge in [-0.3, -0.25) is 14.5 Å². The van der Waals surface area contributed by atoms with Crippen LogP contribution in [0, 0.1) is 19.7 Å². The molecule has 32 heavy (non-hydrogen) atoms. The molecular formula is C27H25FN2O2. The number of nitrogens with zero attached hydrogens (tertiary/aromatic N) is 2. The minimum atomic E-state index is -0.438. The fraction of sp³-hybridized carbons (Fsp3) is 0.185. The molecule has 4 rings (SSSR count). The van der Waals surface area contributed by atoms with E-state index in [1.165, 1.54) is 6.07 Å². The lowest BCUT2D eigenvalue weighted by Crippen LogP contribution is -2.34. The van der Waals surface area contributed by atoms with E-state index in [2.05, 4.69) is 0 Å². The standard InChI is InChI=1S/C27H25FN2O2/c1-18-13-14-21(15-19(18)2)24-25(29(3)16-20-9-5-4-6-10-20)27(32)30(26(24)31)17-22-11-7-8-12-23(22)28/h4-15H,16-17H2,1-3H3. The summed E-state index contributed by atoms with van der Waals surface area (Å²) < 4.78 is 14.3. The summed E-state index contributed by atoms with van der Waals surface area (Å²) in [5.41, 5.74) is 4.85. The molecule has 3 aromatic carbocycles. The fourth-order valence-electron chi connectivity index (χ4n) is 3.95. The highest BCUT2D eigenvalue weighted by Gasteiger charge is 2.41. The minimum absolute atomic E-state index is 0.110. The molecule has 0 atom stereocenters. The van der Waals surface area contributed by atoms with Crippen molar-refractivity contribution in [3.05, 3.63) is 112 Å². The second-order valence-electron chi connectivity index (χ2n) is 8.15. The molecule has 0 aliphatic carbocycles. The van der Waals surface area contributed by atoms with Crippen molar-refractivity contribution in [3.63, 3.8) is 0 Å². The summed E-state index contributed by atoms with van der Waals surface area (Å²) in [4.78, 5) is 29.9. The Hall–Kier alpha value is -3.73. The van der Waals surface area contributed by atoms with Crippen LogP contribution in [-0.4, -0.2) is 28.7 Å². The van der Waals surface area contributed by atoms with E-state index in [-0.39, 0.29) is 6.54 Å². The molecule has 3 aromatic rings. The van der Waals surface area contributed by atoms with Crippen LogP contribution >= 0.6 is 0 Å². The molecule has 0 radical (unpaired) electrons. The number of rotatable bonds is 6. The molecule has 0 bridgehead atoms. The van der Waals surface area contributed by atoms with Crippen molar-refractivity contribution in [2.24, 2.45) is 0 Å². The van der Waals surface area contributed by atoms with E-state index in [9.17, 15) is 14.0 Å². The Bertz CT molecular complexity index is 1220. The maximum Gasteiger partial charge on any atom is 0.278 e. The molecular weight excluding hydrogens is 403 g/mol. The molecule has 1 heterocycles. The summed E-state index contributed by atoms with van der Waals surface area (Å²) in [6.07, 6.45) is 0. The van der Waals surface area contributed by atoms with E-state index >= 15 is 0 Å². The first-order valence-electron chi connectivity index (χ1n) is 10.5. The Balaban J connectivity index is 1.76. The number of halogens is 1. The topological polar surface area (TPSA) is 40.6 Å². The van der Waals surface area contributed by atoms with Gasteiger partial charge in [-0.25, -0.2) is 4.39 Å². The van der Waals surface area contributed by atoms with Crippen LogP contribution in [0.15, 0.2) is 78.5 Å². The molecule has 0 saturated carbocycles. The zero-order valence-corrected chi connectivity index (χ0v) is 18.4. The third-order valence-corrected chi connectivity index (χ3v) is 5.87. The van der Waals surface area contributed by atoms with Gasteiger partial charge in [0.25, 0.3) is 11.8 Å². The molecule has 5 heteroatoms. The monoisotopic (exact) mass is 428 g/mol. The summed E-state index contributed by atoms with van der Waals surface area (Å²) in [7, 11) is 1.81. The number of hydrogen-bond acceptors (Lipinski definition) is 3. The average Bonchev–Trinajstić information content (AvgIpc) is 3.02. The van der Waals surface area contributed by atoms with Gasteiger partial charge in [0.2, 0.25) is 0 Å². The number of likely N-dealkylation sites (N-methyl/N-ethyl adjacent to an activating group) is 1. The molecule has 0 N–H and O–H groups in total. The third-order valence-electron chi connectivity index (χ3n) is 5.87. The summed E-state index contributed by atoms with van der Waals surface area (Å²) in [5, 5.41) is 0. The lowest BCUT2D eigenvalue weighted by Gasteiger charge is -2.22. The van der Waals surface area contributed by atoms with Crippen molar-refractivity contribution in [2.75, 3.05) is 7.05 Å². The van der Waals surface area contributed by atoms with Crippen molar-refractivity contribution < 1.29 is 14.0 Å². The number of imide groups is 1. The summed E-state index contributed by atoms with van der Waals surface area (Å²) in [6.45, 7) is 4.34. The number of aryl methyl sites for hydroxylation is 2. The second kappa shape index (κ2) is 8.79. The van der Waals surface area contributed by atoms with Gasteiger partial charge in [0, 0.05) is 19.2 Å². The first kappa shape index (κ1) is 21.5. The highest BCUT2D eigenvalue weighted by Crippen LogP contribution is 2.33. The van der Waals surface area contributed by atoms with E-state index in [4.69, 9.17) is 0 Å². The highest BCUT2D eigenvalue weighted by atomic mass is 19.1. The van der Waals surface area contributed by atoms with Gasteiger partial charge in [-0.2, -0.15) is 0 Å². The normalized spacial score (nSPS) is 13.8. The summed E-state index contributed by atoms with van der Waals surface area (Å²) in [6, 6.07) is 21.7. The Morgan fingerprint density at radius 3 is 2.22 bits per heavy atom. The second-order valence-corrected chi connectivity index (χ2v) is 8.15. The number of carbonyl (C=O) groups is 2. The van der Waals surface area contributed by atoms with Crippen LogP contribution in [0.2, 0.25) is 0 Å². The SMILES string of the molecule is Cc1ccc(C2=C(N(C)Cc3ccccc3)C(=O)N(Cc3ccccc3F)C2=O)cc1C. The summed E-state index contributed by atoms with van der Waals surface area (Å²) >= 11 is 0. The van der Waals surface area contributed by atoms with Crippen molar-refractivity contribution in [2.45, 2.75) is 26.9 Å². The van der Waals surface area contributed by atoms with Gasteiger partial charge in [-0.05, 0) is 42.2 Å². The van der Waals surface area contributed by atoms with Crippen LogP contribution in [0.4, 0.5) is 4.39 Å². The molecule has 0 fully saturated rings. The van der Waals surface area contributed by atoms with E-state index in [1.807, 2.05) is 62.4 Å². The van der Waals surface area contributed by atoms with Gasteiger partial charge in [0.1, 0.15) is 11.5 Å². The van der Waals surface area contributed by atoms with Crippen LogP contribution in [0.1, 0.15) is 27.8 Å². The van der Waals surface area contributed by atoms with Crippen molar-refractivity contribution in [1.29, 1.82) is 0 Å². The maximum absolute atomic E-state index is 14.3. The van der Waals surface area contributed by atoms with Crippen LogP contribution < -0.4 is 0 Å². The summed E-state index contributed by atoms with van der Waals surface area (Å²) in [5.74, 6) is -1.26. The van der Waals surface area contributed by atoms with E-state index in [1.54, 1.807) is 30.1 Å². The van der Waals surface area contributed by atoms with Crippen LogP contribution in [0.5, 0.6) is 0 Å². The number of carbonyl (C=O) groups excluding carboxylic acids is 2. The maximum atomic E-state index is 14.3. The molecule has 0 spiro atoms. The molecule has 1 aliphatic heterocycles. The van der Waals surface area contributed by atoms with E-state index in [0.29, 0.717) is 28.9 Å². The number of hydrogen-bond donors (Lipinski definition) is 0. The predicted octanol–water partition coefficient (Wildman–Crippen LogP) is 4.85. The average molecular weight is 429 g/mol. The lowest BCUT2D eigenvalue weighted by molar-refractivity contribution is -0.138. The Labute approximate surface area is 187 Å².